The number of rotatable bonds is 4. The van der Waals surface area contributed by atoms with E-state index in [4.69, 9.17) is 5.73 Å². The van der Waals surface area contributed by atoms with Gasteiger partial charge in [0.05, 0.1) is 5.75 Å². The lowest BCUT2D eigenvalue weighted by Crippen LogP contribution is -2.41. The summed E-state index contributed by atoms with van der Waals surface area (Å²) < 4.78 is 25.5. The number of nitrogens with two attached hydrogens (primary N) is 1. The minimum absolute atomic E-state index is 0.0683. The second kappa shape index (κ2) is 3.79. The van der Waals surface area contributed by atoms with Gasteiger partial charge in [0.25, 0.3) is 0 Å². The maximum Gasteiger partial charge on any atom is 0.214 e. The first-order valence-electron chi connectivity index (χ1n) is 5.33. The molecule has 0 spiro atoms. The van der Waals surface area contributed by atoms with Crippen molar-refractivity contribution in [2.75, 3.05) is 18.8 Å². The van der Waals surface area contributed by atoms with Crippen molar-refractivity contribution < 1.29 is 8.42 Å². The Morgan fingerprint density at radius 3 is 2.57 bits per heavy atom. The second-order valence-electron chi connectivity index (χ2n) is 4.36. The Morgan fingerprint density at radius 2 is 2.00 bits per heavy atom. The molecule has 0 bridgehead atoms. The van der Waals surface area contributed by atoms with Gasteiger partial charge in [0.2, 0.25) is 10.0 Å². The van der Waals surface area contributed by atoms with E-state index in [1.165, 1.54) is 0 Å². The summed E-state index contributed by atoms with van der Waals surface area (Å²) in [5.74, 6) is 0.780. The summed E-state index contributed by atoms with van der Waals surface area (Å²) in [4.78, 5) is 0. The van der Waals surface area contributed by atoms with E-state index in [0.29, 0.717) is 24.8 Å². The third-order valence-corrected chi connectivity index (χ3v) is 5.18. The van der Waals surface area contributed by atoms with Gasteiger partial charge in [-0.2, -0.15) is 4.31 Å². The number of nitrogens with zero attached hydrogens (tertiary/aromatic N) is 1. The van der Waals surface area contributed by atoms with Crippen LogP contribution in [0, 0.1) is 5.92 Å². The molecular weight excluding hydrogens is 200 g/mol. The third-order valence-electron chi connectivity index (χ3n) is 3.10. The zero-order valence-corrected chi connectivity index (χ0v) is 9.17. The molecule has 1 saturated heterocycles. The lowest BCUT2D eigenvalue weighted by molar-refractivity contribution is 0.392. The quantitative estimate of drug-likeness (QED) is 0.730. The molecule has 1 aliphatic heterocycles. The van der Waals surface area contributed by atoms with Crippen molar-refractivity contribution in [3.8, 4) is 0 Å². The van der Waals surface area contributed by atoms with Gasteiger partial charge in [-0.05, 0) is 31.6 Å². The fourth-order valence-electron chi connectivity index (χ4n) is 2.09. The van der Waals surface area contributed by atoms with Gasteiger partial charge in [0.1, 0.15) is 0 Å². The van der Waals surface area contributed by atoms with Gasteiger partial charge in [-0.3, -0.25) is 0 Å². The Balaban J connectivity index is 2.03. The molecule has 1 saturated carbocycles. The van der Waals surface area contributed by atoms with Crippen molar-refractivity contribution in [1.82, 2.24) is 4.31 Å². The fraction of sp³-hybridized carbons (Fsp3) is 1.00. The molecule has 2 aliphatic rings. The monoisotopic (exact) mass is 218 g/mol. The molecule has 2 N–H and O–H groups in total. The third kappa shape index (κ3) is 2.10. The lowest BCUT2D eigenvalue weighted by Gasteiger charge is -2.22. The Morgan fingerprint density at radius 1 is 1.29 bits per heavy atom. The van der Waals surface area contributed by atoms with Gasteiger partial charge in [-0.1, -0.05) is 0 Å². The van der Waals surface area contributed by atoms with Crippen LogP contribution in [0.2, 0.25) is 0 Å². The highest BCUT2D eigenvalue weighted by Gasteiger charge is 2.37. The van der Waals surface area contributed by atoms with E-state index >= 15 is 0 Å². The summed E-state index contributed by atoms with van der Waals surface area (Å²) in [5, 5.41) is 0. The van der Waals surface area contributed by atoms with Crippen LogP contribution < -0.4 is 5.73 Å². The molecule has 82 valence electrons. The first-order chi connectivity index (χ1) is 6.63. The predicted molar refractivity (Wildman–Crippen MR) is 55.3 cm³/mol. The maximum absolute atomic E-state index is 11.9. The van der Waals surface area contributed by atoms with Crippen LogP contribution in [0.25, 0.3) is 0 Å². The highest BCUT2D eigenvalue weighted by Crippen LogP contribution is 2.32. The Labute approximate surface area is 85.5 Å². The molecule has 0 aromatic rings. The van der Waals surface area contributed by atoms with E-state index in [0.717, 1.165) is 25.7 Å². The molecule has 2 rings (SSSR count). The summed E-state index contributed by atoms with van der Waals surface area (Å²) >= 11 is 0. The van der Waals surface area contributed by atoms with E-state index < -0.39 is 10.0 Å². The average molecular weight is 218 g/mol. The largest absolute Gasteiger partial charge is 0.329 e. The summed E-state index contributed by atoms with van der Waals surface area (Å²) in [5.41, 5.74) is 5.56. The number of hydrogen-bond donors (Lipinski definition) is 1. The van der Waals surface area contributed by atoms with Gasteiger partial charge in [-0.15, -0.1) is 0 Å². The number of sulfonamides is 1. The summed E-state index contributed by atoms with van der Waals surface area (Å²) in [6, 6.07) is 0.0683. The number of hydrogen-bond acceptors (Lipinski definition) is 3. The van der Waals surface area contributed by atoms with E-state index in [9.17, 15) is 8.42 Å². The molecule has 4 nitrogen and oxygen atoms in total. The molecule has 1 heterocycles. The van der Waals surface area contributed by atoms with Gasteiger partial charge in [0, 0.05) is 19.1 Å². The van der Waals surface area contributed by atoms with Crippen molar-refractivity contribution in [2.24, 2.45) is 11.7 Å². The lowest BCUT2D eigenvalue weighted by atomic mass is 10.2. The molecule has 0 amide bonds. The zero-order valence-electron chi connectivity index (χ0n) is 8.35. The van der Waals surface area contributed by atoms with Crippen molar-refractivity contribution >= 4 is 10.0 Å². The van der Waals surface area contributed by atoms with Crippen LogP contribution in [0.1, 0.15) is 25.7 Å². The minimum atomic E-state index is -3.00. The van der Waals surface area contributed by atoms with Gasteiger partial charge in [0.15, 0.2) is 0 Å². The van der Waals surface area contributed by atoms with Crippen LogP contribution in [-0.2, 0) is 10.0 Å². The normalized spacial score (nSPS) is 29.6. The van der Waals surface area contributed by atoms with Crippen LogP contribution in [-0.4, -0.2) is 37.6 Å². The molecule has 5 heteroatoms. The molecule has 0 radical (unpaired) electrons. The predicted octanol–water partition coefficient (Wildman–Crippen LogP) is 0.149. The highest BCUT2D eigenvalue weighted by molar-refractivity contribution is 7.89. The summed E-state index contributed by atoms with van der Waals surface area (Å²) in [7, 11) is -3.00. The Hall–Kier alpha value is -0.130. The van der Waals surface area contributed by atoms with Gasteiger partial charge >= 0.3 is 0 Å². The first-order valence-corrected chi connectivity index (χ1v) is 6.94. The standard InChI is InChI=1S/C9H18N2O2S/c10-6-9-2-1-5-11(9)14(12,13)7-8-3-4-8/h8-9H,1-7,10H2. The Bertz CT molecular complexity index is 298. The van der Waals surface area contributed by atoms with Gasteiger partial charge in [-0.25, -0.2) is 8.42 Å². The molecular formula is C9H18N2O2S. The van der Waals surface area contributed by atoms with Crippen LogP contribution in [0.5, 0.6) is 0 Å². The molecule has 2 fully saturated rings. The molecule has 0 aromatic carbocycles. The van der Waals surface area contributed by atoms with Crippen LogP contribution in [0.15, 0.2) is 0 Å². The average Bonchev–Trinajstić information content (AvgIpc) is 2.80. The van der Waals surface area contributed by atoms with E-state index in [1.807, 2.05) is 0 Å². The van der Waals surface area contributed by atoms with Crippen LogP contribution in [0.3, 0.4) is 0 Å². The van der Waals surface area contributed by atoms with E-state index in [1.54, 1.807) is 4.31 Å². The van der Waals surface area contributed by atoms with Crippen molar-refractivity contribution in [3.05, 3.63) is 0 Å². The van der Waals surface area contributed by atoms with Crippen molar-refractivity contribution in [2.45, 2.75) is 31.7 Å². The van der Waals surface area contributed by atoms with E-state index in [2.05, 4.69) is 0 Å². The SMILES string of the molecule is NCC1CCCN1S(=O)(=O)CC1CC1. The maximum atomic E-state index is 11.9. The molecule has 1 aliphatic carbocycles. The Kier molecular flexibility index (Phi) is 2.81. The highest BCUT2D eigenvalue weighted by atomic mass is 32.2. The molecule has 1 unspecified atom stereocenters. The minimum Gasteiger partial charge on any atom is -0.329 e. The van der Waals surface area contributed by atoms with Crippen LogP contribution in [0.4, 0.5) is 0 Å². The summed E-state index contributed by atoms with van der Waals surface area (Å²) in [6.07, 6.45) is 4.06. The second-order valence-corrected chi connectivity index (χ2v) is 6.33. The molecule has 14 heavy (non-hydrogen) atoms. The topological polar surface area (TPSA) is 63.4 Å². The first kappa shape index (κ1) is 10.4. The van der Waals surface area contributed by atoms with Crippen LogP contribution >= 0.6 is 0 Å². The van der Waals surface area contributed by atoms with Crippen molar-refractivity contribution in [1.29, 1.82) is 0 Å². The molecule has 0 aromatic heterocycles. The van der Waals surface area contributed by atoms with Crippen molar-refractivity contribution in [3.63, 3.8) is 0 Å². The smallest absolute Gasteiger partial charge is 0.214 e. The zero-order chi connectivity index (χ0) is 10.2. The summed E-state index contributed by atoms with van der Waals surface area (Å²) in [6.45, 7) is 1.14. The van der Waals surface area contributed by atoms with Gasteiger partial charge < -0.3 is 5.73 Å². The van der Waals surface area contributed by atoms with E-state index in [-0.39, 0.29) is 6.04 Å². The molecule has 1 atom stereocenters. The fourth-order valence-corrected chi connectivity index (χ4v) is 4.26.